The van der Waals surface area contributed by atoms with Crippen LogP contribution in [0.25, 0.3) is 11.2 Å². The van der Waals surface area contributed by atoms with Gasteiger partial charge in [-0.25, -0.2) is 9.97 Å². The molecule has 0 aliphatic carbocycles. The summed E-state index contributed by atoms with van der Waals surface area (Å²) in [5.41, 5.74) is 2.23. The average Bonchev–Trinajstić information content (AvgIpc) is 2.60. The van der Waals surface area contributed by atoms with Crippen molar-refractivity contribution in [2.45, 2.75) is 19.8 Å². The first kappa shape index (κ1) is 15.1. The predicted octanol–water partition coefficient (Wildman–Crippen LogP) is 3.40. The highest BCUT2D eigenvalue weighted by Gasteiger charge is 2.12. The Morgan fingerprint density at radius 1 is 1.04 bits per heavy atom. The molecule has 0 radical (unpaired) electrons. The molecule has 0 aliphatic heterocycles. The summed E-state index contributed by atoms with van der Waals surface area (Å²) in [6.07, 6.45) is 5.53. The van der Waals surface area contributed by atoms with E-state index in [9.17, 15) is 0 Å². The van der Waals surface area contributed by atoms with Crippen molar-refractivity contribution in [2.75, 3.05) is 23.8 Å². The number of nitrogens with zero attached hydrogens (tertiary/aromatic N) is 5. The number of hydrogen-bond donors (Lipinski definition) is 1. The zero-order chi connectivity index (χ0) is 16.1. The molecule has 0 bridgehead atoms. The second-order valence-corrected chi connectivity index (χ2v) is 5.37. The van der Waals surface area contributed by atoms with Crippen LogP contribution in [0.5, 0.6) is 0 Å². The Kier molecular flexibility index (Phi) is 4.61. The minimum Gasteiger partial charge on any atom is -0.344 e. The topological polar surface area (TPSA) is 66.8 Å². The molecule has 0 saturated heterocycles. The molecule has 1 N–H and O–H groups in total. The summed E-state index contributed by atoms with van der Waals surface area (Å²) < 4.78 is 0. The van der Waals surface area contributed by atoms with Crippen LogP contribution in [-0.4, -0.2) is 33.5 Å². The van der Waals surface area contributed by atoms with Gasteiger partial charge < -0.3 is 10.2 Å². The van der Waals surface area contributed by atoms with E-state index in [-0.39, 0.29) is 0 Å². The SMILES string of the molecule is CCCCN(C)c1nc(Nc2ccccc2)c2nccnc2n1. The molecule has 3 rings (SSSR count). The van der Waals surface area contributed by atoms with Gasteiger partial charge in [0.05, 0.1) is 0 Å². The summed E-state index contributed by atoms with van der Waals surface area (Å²) in [5.74, 6) is 1.33. The second kappa shape index (κ2) is 7.00. The molecule has 0 saturated carbocycles. The molecule has 1 aromatic carbocycles. The molecule has 0 spiro atoms. The molecule has 118 valence electrons. The first-order chi connectivity index (χ1) is 11.3. The lowest BCUT2D eigenvalue weighted by atomic mass is 10.3. The lowest BCUT2D eigenvalue weighted by molar-refractivity contribution is 0.751. The molecule has 0 aliphatic rings. The number of benzene rings is 1. The first-order valence-electron chi connectivity index (χ1n) is 7.80. The molecular weight excluding hydrogens is 288 g/mol. The van der Waals surface area contributed by atoms with Gasteiger partial charge in [-0.1, -0.05) is 31.5 Å². The summed E-state index contributed by atoms with van der Waals surface area (Å²) in [7, 11) is 2.00. The number of fused-ring (bicyclic) bond motifs is 1. The summed E-state index contributed by atoms with van der Waals surface area (Å²) in [5, 5.41) is 3.32. The highest BCUT2D eigenvalue weighted by Crippen LogP contribution is 2.23. The Morgan fingerprint density at radius 3 is 2.61 bits per heavy atom. The Balaban J connectivity index is 2.00. The third-order valence-electron chi connectivity index (χ3n) is 3.55. The molecular formula is C17H20N6. The van der Waals surface area contributed by atoms with Gasteiger partial charge in [-0.05, 0) is 18.6 Å². The molecule has 2 heterocycles. The maximum atomic E-state index is 4.65. The lowest BCUT2D eigenvalue weighted by Gasteiger charge is -2.18. The monoisotopic (exact) mass is 308 g/mol. The normalized spacial score (nSPS) is 10.7. The largest absolute Gasteiger partial charge is 0.344 e. The van der Waals surface area contributed by atoms with Crippen LogP contribution < -0.4 is 10.2 Å². The van der Waals surface area contributed by atoms with Crippen molar-refractivity contribution in [1.29, 1.82) is 0 Å². The summed E-state index contributed by atoms with van der Waals surface area (Å²) in [6.45, 7) is 3.08. The lowest BCUT2D eigenvalue weighted by Crippen LogP contribution is -2.21. The standard InChI is InChI=1S/C17H20N6/c1-3-4-12-23(2)17-21-15-14(18-10-11-19-15)16(22-17)20-13-8-6-5-7-9-13/h5-11H,3-4,12H2,1-2H3,(H,19,20,21,22). The minimum absolute atomic E-state index is 0.597. The van der Waals surface area contributed by atoms with Crippen LogP contribution in [0.15, 0.2) is 42.7 Å². The van der Waals surface area contributed by atoms with E-state index < -0.39 is 0 Å². The van der Waals surface area contributed by atoms with Crippen molar-refractivity contribution in [3.8, 4) is 0 Å². The van der Waals surface area contributed by atoms with Crippen LogP contribution in [0.3, 0.4) is 0 Å². The molecule has 3 aromatic rings. The van der Waals surface area contributed by atoms with E-state index in [0.717, 1.165) is 25.1 Å². The zero-order valence-electron chi connectivity index (χ0n) is 13.4. The van der Waals surface area contributed by atoms with Crippen LogP contribution in [0, 0.1) is 0 Å². The van der Waals surface area contributed by atoms with Crippen LogP contribution in [0.4, 0.5) is 17.5 Å². The van der Waals surface area contributed by atoms with E-state index in [2.05, 4.69) is 32.2 Å². The van der Waals surface area contributed by atoms with Crippen molar-refractivity contribution in [2.24, 2.45) is 0 Å². The number of aromatic nitrogens is 4. The third-order valence-corrected chi connectivity index (χ3v) is 3.55. The fraction of sp³-hybridized carbons (Fsp3) is 0.294. The van der Waals surface area contributed by atoms with E-state index in [1.807, 2.05) is 42.3 Å². The third kappa shape index (κ3) is 3.53. The van der Waals surface area contributed by atoms with Gasteiger partial charge in [0.1, 0.15) is 0 Å². The Morgan fingerprint density at radius 2 is 1.83 bits per heavy atom. The molecule has 23 heavy (non-hydrogen) atoms. The van der Waals surface area contributed by atoms with Crippen molar-refractivity contribution in [3.05, 3.63) is 42.7 Å². The molecule has 0 atom stereocenters. The number of hydrogen-bond acceptors (Lipinski definition) is 6. The summed E-state index contributed by atoms with van der Waals surface area (Å²) >= 11 is 0. The van der Waals surface area contributed by atoms with Crippen molar-refractivity contribution in [3.63, 3.8) is 0 Å². The molecule has 6 heteroatoms. The van der Waals surface area contributed by atoms with Gasteiger partial charge in [0.15, 0.2) is 17.0 Å². The van der Waals surface area contributed by atoms with Gasteiger partial charge in [-0.2, -0.15) is 9.97 Å². The van der Waals surface area contributed by atoms with Crippen molar-refractivity contribution >= 4 is 28.6 Å². The second-order valence-electron chi connectivity index (χ2n) is 5.37. The number of para-hydroxylation sites is 1. The van der Waals surface area contributed by atoms with Gasteiger partial charge in [0, 0.05) is 31.7 Å². The minimum atomic E-state index is 0.597. The fourth-order valence-electron chi connectivity index (χ4n) is 2.26. The molecule has 0 unspecified atom stereocenters. The maximum Gasteiger partial charge on any atom is 0.229 e. The highest BCUT2D eigenvalue weighted by molar-refractivity contribution is 5.85. The maximum absolute atomic E-state index is 4.65. The quantitative estimate of drug-likeness (QED) is 0.753. The number of rotatable bonds is 6. The van der Waals surface area contributed by atoms with Crippen LogP contribution in [0.1, 0.15) is 19.8 Å². The first-order valence-corrected chi connectivity index (χ1v) is 7.80. The number of anilines is 3. The van der Waals surface area contributed by atoms with E-state index in [1.54, 1.807) is 12.4 Å². The summed E-state index contributed by atoms with van der Waals surface area (Å²) in [6, 6.07) is 9.92. The highest BCUT2D eigenvalue weighted by atomic mass is 15.3. The van der Waals surface area contributed by atoms with Crippen molar-refractivity contribution < 1.29 is 0 Å². The average molecular weight is 308 g/mol. The number of nitrogens with one attached hydrogen (secondary N) is 1. The summed E-state index contributed by atoms with van der Waals surface area (Å²) in [4.78, 5) is 19.9. The van der Waals surface area contributed by atoms with Gasteiger partial charge in [0.2, 0.25) is 5.95 Å². The van der Waals surface area contributed by atoms with Gasteiger partial charge in [0.25, 0.3) is 0 Å². The van der Waals surface area contributed by atoms with Gasteiger partial charge >= 0.3 is 0 Å². The molecule has 6 nitrogen and oxygen atoms in total. The molecule has 2 aromatic heterocycles. The Labute approximate surface area is 135 Å². The Hall–Kier alpha value is -2.76. The van der Waals surface area contributed by atoms with Gasteiger partial charge in [-0.15, -0.1) is 0 Å². The van der Waals surface area contributed by atoms with E-state index in [1.165, 1.54) is 0 Å². The van der Waals surface area contributed by atoms with Crippen LogP contribution >= 0.6 is 0 Å². The van der Waals surface area contributed by atoms with E-state index >= 15 is 0 Å². The predicted molar refractivity (Wildman–Crippen MR) is 93.0 cm³/mol. The molecule has 0 amide bonds. The zero-order valence-corrected chi connectivity index (χ0v) is 13.4. The smallest absolute Gasteiger partial charge is 0.229 e. The van der Waals surface area contributed by atoms with Gasteiger partial charge in [-0.3, -0.25) is 0 Å². The van der Waals surface area contributed by atoms with E-state index in [0.29, 0.717) is 22.9 Å². The fourth-order valence-corrected chi connectivity index (χ4v) is 2.26. The van der Waals surface area contributed by atoms with E-state index in [4.69, 9.17) is 0 Å². The number of unbranched alkanes of at least 4 members (excludes halogenated alkanes) is 1. The van der Waals surface area contributed by atoms with Crippen LogP contribution in [-0.2, 0) is 0 Å². The molecule has 0 fully saturated rings. The van der Waals surface area contributed by atoms with Crippen LogP contribution in [0.2, 0.25) is 0 Å². The van der Waals surface area contributed by atoms with Crippen molar-refractivity contribution in [1.82, 2.24) is 19.9 Å². The Bertz CT molecular complexity index is 774.